The van der Waals surface area contributed by atoms with Gasteiger partial charge in [0.15, 0.2) is 0 Å². The smallest absolute Gasteiger partial charge is 0.142 e. The standard InChI is InChI=1S/C17H18N4O.C11H15NO/c22-17(13-4-2-1-3-5-13)7-10-21(11-8-17)16-14-6-9-18-15(14)19-12-20-16;13-11(6-8-12-9-7-11)10-4-2-1-3-5-10/h1-6,9,12,22H,7-8,10-11H2,(H,18,19,20);1-5,12-13H,6-9H2. The lowest BCUT2D eigenvalue weighted by Crippen LogP contribution is -2.43. The van der Waals surface area contributed by atoms with E-state index in [0.29, 0.717) is 12.8 Å². The van der Waals surface area contributed by atoms with Crippen LogP contribution in [0.25, 0.3) is 11.0 Å². The van der Waals surface area contributed by atoms with Crippen molar-refractivity contribution >= 4 is 16.9 Å². The predicted molar refractivity (Wildman–Crippen MR) is 138 cm³/mol. The Morgan fingerprint density at radius 1 is 0.714 bits per heavy atom. The van der Waals surface area contributed by atoms with Gasteiger partial charge in [-0.05, 0) is 56.0 Å². The second kappa shape index (κ2) is 10.2. The van der Waals surface area contributed by atoms with Crippen LogP contribution in [0.4, 0.5) is 5.82 Å². The quantitative estimate of drug-likeness (QED) is 0.364. The number of rotatable bonds is 3. The van der Waals surface area contributed by atoms with Crippen LogP contribution in [0.5, 0.6) is 0 Å². The van der Waals surface area contributed by atoms with Crippen LogP contribution in [-0.4, -0.2) is 51.3 Å². The van der Waals surface area contributed by atoms with E-state index in [2.05, 4.69) is 25.2 Å². The Morgan fingerprint density at radius 2 is 1.29 bits per heavy atom. The Morgan fingerprint density at radius 3 is 1.89 bits per heavy atom. The number of aliphatic hydroxyl groups is 2. The number of benzene rings is 2. The molecule has 4 N–H and O–H groups in total. The van der Waals surface area contributed by atoms with Gasteiger partial charge in [0.25, 0.3) is 0 Å². The number of aromatic nitrogens is 3. The number of hydrogen-bond donors (Lipinski definition) is 4. The van der Waals surface area contributed by atoms with Crippen LogP contribution in [-0.2, 0) is 11.2 Å². The molecule has 6 rings (SSSR count). The first kappa shape index (κ1) is 23.5. The molecule has 2 aliphatic heterocycles. The van der Waals surface area contributed by atoms with Gasteiger partial charge < -0.3 is 25.4 Å². The number of hydrogen-bond acceptors (Lipinski definition) is 6. The largest absolute Gasteiger partial charge is 0.385 e. The van der Waals surface area contributed by atoms with Gasteiger partial charge in [0.2, 0.25) is 0 Å². The van der Waals surface area contributed by atoms with E-state index in [1.165, 1.54) is 0 Å². The SMILES string of the molecule is OC1(c2ccccc2)CCN(c2ncnc3[nH]ccc23)CC1.OC1(c2ccccc2)CCNCC1. The highest BCUT2D eigenvalue weighted by atomic mass is 16.3. The molecular formula is C28H33N5O2. The van der Waals surface area contributed by atoms with Gasteiger partial charge >= 0.3 is 0 Å². The van der Waals surface area contributed by atoms with Gasteiger partial charge in [0, 0.05) is 19.3 Å². The van der Waals surface area contributed by atoms with Crippen LogP contribution in [0.1, 0.15) is 36.8 Å². The average Bonchev–Trinajstić information content (AvgIpc) is 3.41. The van der Waals surface area contributed by atoms with E-state index < -0.39 is 11.2 Å². The molecule has 7 nitrogen and oxygen atoms in total. The highest BCUT2D eigenvalue weighted by Crippen LogP contribution is 2.35. The molecule has 4 aromatic rings. The first-order chi connectivity index (χ1) is 17.1. The number of nitrogens with one attached hydrogen (secondary N) is 2. The van der Waals surface area contributed by atoms with Gasteiger partial charge in [-0.15, -0.1) is 0 Å². The minimum Gasteiger partial charge on any atom is -0.385 e. The Labute approximate surface area is 205 Å². The van der Waals surface area contributed by atoms with Crippen LogP contribution in [0.3, 0.4) is 0 Å². The lowest BCUT2D eigenvalue weighted by Gasteiger charge is -2.39. The van der Waals surface area contributed by atoms with Gasteiger partial charge in [-0.25, -0.2) is 9.97 Å². The molecule has 0 atom stereocenters. The molecule has 0 unspecified atom stereocenters. The van der Waals surface area contributed by atoms with Gasteiger partial charge in [-0.1, -0.05) is 60.7 Å². The average molecular weight is 472 g/mol. The lowest BCUT2D eigenvalue weighted by atomic mass is 9.84. The summed E-state index contributed by atoms with van der Waals surface area (Å²) in [7, 11) is 0. The summed E-state index contributed by atoms with van der Waals surface area (Å²) in [6, 6.07) is 21.9. The number of H-pyrrole nitrogens is 1. The third-order valence-corrected chi connectivity index (χ3v) is 7.28. The summed E-state index contributed by atoms with van der Waals surface area (Å²) < 4.78 is 0. The minimum absolute atomic E-state index is 0.591. The summed E-state index contributed by atoms with van der Waals surface area (Å²) in [5.74, 6) is 0.946. The lowest BCUT2D eigenvalue weighted by molar-refractivity contribution is 0.00592. The fraction of sp³-hybridized carbons (Fsp3) is 0.357. The normalized spacial score (nSPS) is 19.1. The molecule has 2 saturated heterocycles. The van der Waals surface area contributed by atoms with Crippen LogP contribution in [0.15, 0.2) is 79.3 Å². The highest BCUT2D eigenvalue weighted by Gasteiger charge is 2.34. The molecule has 2 aromatic carbocycles. The molecule has 2 fully saturated rings. The second-order valence-electron chi connectivity index (χ2n) is 9.47. The number of anilines is 1. The minimum atomic E-state index is -0.734. The monoisotopic (exact) mass is 471 g/mol. The van der Waals surface area contributed by atoms with Crippen molar-refractivity contribution in [2.75, 3.05) is 31.1 Å². The topological polar surface area (TPSA) is 97.3 Å². The van der Waals surface area contributed by atoms with E-state index in [1.807, 2.05) is 72.9 Å². The van der Waals surface area contributed by atoms with E-state index in [-0.39, 0.29) is 0 Å². The molecule has 2 aromatic heterocycles. The Hall–Kier alpha value is -3.26. The zero-order chi connectivity index (χ0) is 24.1. The first-order valence-electron chi connectivity index (χ1n) is 12.4. The zero-order valence-corrected chi connectivity index (χ0v) is 19.9. The van der Waals surface area contributed by atoms with Gasteiger partial charge in [0.1, 0.15) is 17.8 Å². The maximum absolute atomic E-state index is 10.9. The Kier molecular flexibility index (Phi) is 6.81. The van der Waals surface area contributed by atoms with Crippen LogP contribution >= 0.6 is 0 Å². The summed E-state index contributed by atoms with van der Waals surface area (Å²) >= 11 is 0. The van der Waals surface area contributed by atoms with Crippen molar-refractivity contribution in [1.82, 2.24) is 20.3 Å². The summed E-state index contributed by atoms with van der Waals surface area (Å²) in [5.41, 5.74) is 1.59. The number of fused-ring (bicyclic) bond motifs is 1. The van der Waals surface area contributed by atoms with Gasteiger partial charge in [-0.2, -0.15) is 0 Å². The fourth-order valence-electron chi connectivity index (χ4n) is 5.11. The molecule has 4 heterocycles. The van der Waals surface area contributed by atoms with Crippen LogP contribution in [0, 0.1) is 0 Å². The van der Waals surface area contributed by atoms with E-state index in [4.69, 9.17) is 0 Å². The highest BCUT2D eigenvalue weighted by molar-refractivity contribution is 5.87. The Balaban J connectivity index is 0.000000166. The maximum atomic E-state index is 10.9. The molecule has 0 radical (unpaired) electrons. The maximum Gasteiger partial charge on any atom is 0.142 e. The fourth-order valence-corrected chi connectivity index (χ4v) is 5.11. The third-order valence-electron chi connectivity index (χ3n) is 7.28. The van der Waals surface area contributed by atoms with Crippen molar-refractivity contribution in [3.8, 4) is 0 Å². The van der Waals surface area contributed by atoms with Crippen molar-refractivity contribution in [3.63, 3.8) is 0 Å². The molecule has 0 aliphatic carbocycles. The zero-order valence-electron chi connectivity index (χ0n) is 19.9. The van der Waals surface area contributed by atoms with Crippen molar-refractivity contribution < 1.29 is 10.2 Å². The summed E-state index contributed by atoms with van der Waals surface area (Å²) in [5, 5.41) is 25.5. The third kappa shape index (κ3) is 5.07. The summed E-state index contributed by atoms with van der Waals surface area (Å²) in [6.07, 6.45) is 6.51. The van der Waals surface area contributed by atoms with Crippen molar-refractivity contribution in [3.05, 3.63) is 90.4 Å². The summed E-state index contributed by atoms with van der Waals surface area (Å²) in [6.45, 7) is 3.38. The molecular weight excluding hydrogens is 438 g/mol. The van der Waals surface area contributed by atoms with E-state index >= 15 is 0 Å². The number of piperidine rings is 2. The van der Waals surface area contributed by atoms with E-state index in [0.717, 1.165) is 67.0 Å². The Bertz CT molecular complexity index is 1210. The molecule has 0 spiro atoms. The van der Waals surface area contributed by atoms with Gasteiger partial charge in [-0.3, -0.25) is 0 Å². The molecule has 0 bridgehead atoms. The van der Waals surface area contributed by atoms with Crippen molar-refractivity contribution in [2.24, 2.45) is 0 Å². The molecule has 7 heteroatoms. The van der Waals surface area contributed by atoms with Crippen LogP contribution < -0.4 is 10.2 Å². The van der Waals surface area contributed by atoms with Crippen molar-refractivity contribution in [1.29, 1.82) is 0 Å². The number of nitrogens with zero attached hydrogens (tertiary/aromatic N) is 3. The van der Waals surface area contributed by atoms with Gasteiger partial charge in [0.05, 0.1) is 16.6 Å². The van der Waals surface area contributed by atoms with E-state index in [1.54, 1.807) is 6.33 Å². The summed E-state index contributed by atoms with van der Waals surface area (Å²) in [4.78, 5) is 14.0. The second-order valence-corrected chi connectivity index (χ2v) is 9.47. The van der Waals surface area contributed by atoms with Crippen LogP contribution in [0.2, 0.25) is 0 Å². The first-order valence-corrected chi connectivity index (χ1v) is 12.4. The predicted octanol–water partition coefficient (Wildman–Crippen LogP) is 3.70. The van der Waals surface area contributed by atoms with E-state index in [9.17, 15) is 10.2 Å². The molecule has 0 amide bonds. The van der Waals surface area contributed by atoms with Crippen molar-refractivity contribution in [2.45, 2.75) is 36.9 Å². The molecule has 35 heavy (non-hydrogen) atoms. The number of aromatic amines is 1. The molecule has 182 valence electrons. The molecule has 0 saturated carbocycles. The molecule has 2 aliphatic rings.